The maximum atomic E-state index is 11.9. The second-order valence-corrected chi connectivity index (χ2v) is 11.1. The van der Waals surface area contributed by atoms with Crippen molar-refractivity contribution < 1.29 is 27.5 Å². The maximum Gasteiger partial charge on any atom is 0.420 e. The normalized spacial score (nSPS) is 11.0. The second-order valence-electron chi connectivity index (χ2n) is 5.89. The smallest absolute Gasteiger partial charge is 0.420 e. The van der Waals surface area contributed by atoms with E-state index in [1.807, 2.05) is 0 Å². The standard InChI is InChI=1S/C16H18Cl2N6O6S3/c1-33(27,28)24-16(26)30-6-8-32-31-7-5-29-15(25)21-14-20-13(19)12(22-23-14)9-3-2-4-10(17)11(9)18/h2-4H,5-8H2,1H3,(H,24,26)(H3,19,20,21,23,25). The molecule has 0 spiro atoms. The first-order valence-electron chi connectivity index (χ1n) is 8.84. The van der Waals surface area contributed by atoms with Crippen molar-refractivity contribution in [1.82, 2.24) is 19.9 Å². The van der Waals surface area contributed by atoms with E-state index in [0.29, 0.717) is 22.1 Å². The number of benzene rings is 1. The van der Waals surface area contributed by atoms with Gasteiger partial charge >= 0.3 is 12.2 Å². The Bertz CT molecular complexity index is 1110. The summed E-state index contributed by atoms with van der Waals surface area (Å²) in [6, 6.07) is 4.94. The number of nitrogens with two attached hydrogens (primary N) is 1. The lowest BCUT2D eigenvalue weighted by Gasteiger charge is -2.09. The van der Waals surface area contributed by atoms with Crippen LogP contribution in [-0.2, 0) is 19.5 Å². The van der Waals surface area contributed by atoms with E-state index in [4.69, 9.17) is 33.7 Å². The van der Waals surface area contributed by atoms with Crippen LogP contribution in [0.15, 0.2) is 18.2 Å². The molecule has 0 aliphatic heterocycles. The third-order valence-corrected chi connectivity index (χ3v) is 6.98. The van der Waals surface area contributed by atoms with E-state index in [-0.39, 0.29) is 35.7 Å². The fourth-order valence-corrected chi connectivity index (χ4v) is 4.44. The van der Waals surface area contributed by atoms with Gasteiger partial charge in [0.15, 0.2) is 5.82 Å². The van der Waals surface area contributed by atoms with Crippen LogP contribution in [0.3, 0.4) is 0 Å². The average molecular weight is 557 g/mol. The molecule has 0 saturated carbocycles. The summed E-state index contributed by atoms with van der Waals surface area (Å²) in [6.45, 7) is 0.0978. The molecule has 4 N–H and O–H groups in total. The van der Waals surface area contributed by atoms with Crippen LogP contribution in [0, 0.1) is 0 Å². The molecule has 0 bridgehead atoms. The highest BCUT2D eigenvalue weighted by Crippen LogP contribution is 2.34. The van der Waals surface area contributed by atoms with Crippen LogP contribution in [0.25, 0.3) is 11.3 Å². The monoisotopic (exact) mass is 556 g/mol. The Kier molecular flexibility index (Phi) is 10.6. The van der Waals surface area contributed by atoms with Gasteiger partial charge < -0.3 is 15.2 Å². The summed E-state index contributed by atoms with van der Waals surface area (Å²) in [6.07, 6.45) is -0.987. The van der Waals surface area contributed by atoms with Crippen molar-refractivity contribution in [2.24, 2.45) is 0 Å². The molecule has 33 heavy (non-hydrogen) atoms. The molecule has 12 nitrogen and oxygen atoms in total. The molecular weight excluding hydrogens is 539 g/mol. The maximum absolute atomic E-state index is 11.9. The number of hydrogen-bond donors (Lipinski definition) is 3. The van der Waals surface area contributed by atoms with E-state index in [0.717, 1.165) is 6.26 Å². The van der Waals surface area contributed by atoms with Crippen molar-refractivity contribution in [1.29, 1.82) is 0 Å². The van der Waals surface area contributed by atoms with E-state index >= 15 is 0 Å². The highest BCUT2D eigenvalue weighted by molar-refractivity contribution is 8.76. The van der Waals surface area contributed by atoms with Crippen molar-refractivity contribution in [3.05, 3.63) is 28.2 Å². The molecule has 0 unspecified atom stereocenters. The number of halogens is 2. The molecule has 0 fully saturated rings. The Morgan fingerprint density at radius 3 is 2.33 bits per heavy atom. The minimum Gasteiger partial charge on any atom is -0.448 e. The zero-order valence-electron chi connectivity index (χ0n) is 16.9. The van der Waals surface area contributed by atoms with Crippen LogP contribution in [-0.4, -0.2) is 66.8 Å². The van der Waals surface area contributed by atoms with Gasteiger partial charge in [0, 0.05) is 17.1 Å². The van der Waals surface area contributed by atoms with E-state index in [9.17, 15) is 18.0 Å². The SMILES string of the molecule is CS(=O)(=O)NC(=O)OCCSSCCOC(=O)Nc1nnc(-c2cccc(Cl)c2Cl)c(N)n1. The number of nitrogens with one attached hydrogen (secondary N) is 2. The van der Waals surface area contributed by atoms with Crippen molar-refractivity contribution in [3.63, 3.8) is 0 Å². The molecule has 0 atom stereocenters. The minimum absolute atomic E-state index is 0.0103. The van der Waals surface area contributed by atoms with Gasteiger partial charge in [-0.25, -0.2) is 22.7 Å². The summed E-state index contributed by atoms with van der Waals surface area (Å²) in [4.78, 5) is 27.0. The molecule has 1 heterocycles. The molecule has 1 aromatic carbocycles. The lowest BCUT2D eigenvalue weighted by atomic mass is 10.1. The lowest BCUT2D eigenvalue weighted by Crippen LogP contribution is -2.30. The molecule has 2 amide bonds. The molecule has 0 radical (unpaired) electrons. The summed E-state index contributed by atoms with van der Waals surface area (Å²) in [5.74, 6) is 0.700. The van der Waals surface area contributed by atoms with Gasteiger partial charge in [0.2, 0.25) is 10.0 Å². The number of rotatable bonds is 10. The number of nitrogen functional groups attached to an aromatic ring is 1. The number of sulfonamides is 1. The fourth-order valence-electron chi connectivity index (χ4n) is 2.03. The number of carbonyl (C=O) groups is 2. The second kappa shape index (κ2) is 12.9. The van der Waals surface area contributed by atoms with Gasteiger partial charge in [-0.15, -0.1) is 10.2 Å². The van der Waals surface area contributed by atoms with Gasteiger partial charge in [0.05, 0.1) is 16.3 Å². The highest BCUT2D eigenvalue weighted by Gasteiger charge is 2.15. The van der Waals surface area contributed by atoms with E-state index in [1.165, 1.54) is 21.6 Å². The quantitative estimate of drug-likeness (QED) is 0.288. The predicted molar refractivity (Wildman–Crippen MR) is 129 cm³/mol. The van der Waals surface area contributed by atoms with Crippen LogP contribution in [0.1, 0.15) is 0 Å². The van der Waals surface area contributed by atoms with Crippen LogP contribution in [0.2, 0.25) is 10.0 Å². The summed E-state index contributed by atoms with van der Waals surface area (Å²) in [7, 11) is -0.933. The molecule has 2 aromatic rings. The molecule has 1 aromatic heterocycles. The number of hydrogen-bond acceptors (Lipinski definition) is 12. The van der Waals surface area contributed by atoms with Crippen molar-refractivity contribution in [2.75, 3.05) is 42.0 Å². The van der Waals surface area contributed by atoms with E-state index in [1.54, 1.807) is 22.9 Å². The number of amides is 2. The van der Waals surface area contributed by atoms with Crippen molar-refractivity contribution in [2.45, 2.75) is 0 Å². The number of anilines is 2. The van der Waals surface area contributed by atoms with Gasteiger partial charge in [-0.1, -0.05) is 56.9 Å². The molecule has 2 rings (SSSR count). The van der Waals surface area contributed by atoms with Gasteiger partial charge in [-0.2, -0.15) is 4.98 Å². The molecule has 0 saturated heterocycles. The van der Waals surface area contributed by atoms with Gasteiger partial charge in [0.1, 0.15) is 18.9 Å². The highest BCUT2D eigenvalue weighted by atomic mass is 35.5. The third-order valence-electron chi connectivity index (χ3n) is 3.29. The molecule has 0 aliphatic carbocycles. The number of aromatic nitrogens is 3. The lowest BCUT2D eigenvalue weighted by molar-refractivity contribution is 0.159. The summed E-state index contributed by atoms with van der Waals surface area (Å²) in [5, 5.41) is 10.6. The Balaban J connectivity index is 1.67. The van der Waals surface area contributed by atoms with Crippen LogP contribution in [0.5, 0.6) is 0 Å². The fraction of sp³-hybridized carbons (Fsp3) is 0.312. The van der Waals surface area contributed by atoms with Gasteiger partial charge in [-0.05, 0) is 6.07 Å². The zero-order valence-corrected chi connectivity index (χ0v) is 20.9. The van der Waals surface area contributed by atoms with Crippen LogP contribution < -0.4 is 15.8 Å². The van der Waals surface area contributed by atoms with Crippen molar-refractivity contribution in [3.8, 4) is 11.3 Å². The number of carbonyl (C=O) groups excluding carboxylic acids is 2. The summed E-state index contributed by atoms with van der Waals surface area (Å²) in [5.41, 5.74) is 6.56. The number of ether oxygens (including phenoxy) is 2. The van der Waals surface area contributed by atoms with Gasteiger partial charge in [0.25, 0.3) is 5.95 Å². The Morgan fingerprint density at radius 1 is 1.09 bits per heavy atom. The van der Waals surface area contributed by atoms with E-state index < -0.39 is 22.2 Å². The first-order valence-corrected chi connectivity index (χ1v) is 14.0. The molecule has 180 valence electrons. The minimum atomic E-state index is -3.65. The molecule has 0 aliphatic rings. The summed E-state index contributed by atoms with van der Waals surface area (Å²) >= 11 is 12.1. The number of nitrogens with zero attached hydrogens (tertiary/aromatic N) is 3. The van der Waals surface area contributed by atoms with Crippen LogP contribution >= 0.6 is 44.8 Å². The first kappa shape index (κ1) is 27.0. The predicted octanol–water partition coefficient (Wildman–Crippen LogP) is 3.04. The Morgan fingerprint density at radius 2 is 1.73 bits per heavy atom. The first-order chi connectivity index (χ1) is 15.6. The summed E-state index contributed by atoms with van der Waals surface area (Å²) < 4.78 is 33.0. The van der Waals surface area contributed by atoms with Gasteiger partial charge in [-0.3, -0.25) is 5.32 Å². The Hall–Kier alpha value is -2.20. The largest absolute Gasteiger partial charge is 0.448 e. The average Bonchev–Trinajstić information content (AvgIpc) is 2.71. The topological polar surface area (TPSA) is 175 Å². The Labute approximate surface area is 207 Å². The third kappa shape index (κ3) is 9.67. The zero-order chi connectivity index (χ0) is 24.4. The van der Waals surface area contributed by atoms with Crippen LogP contribution in [0.4, 0.5) is 21.4 Å². The molecule has 17 heteroatoms. The molecular formula is C16H18Cl2N6O6S3. The van der Waals surface area contributed by atoms with E-state index in [2.05, 4.69) is 25.2 Å². The van der Waals surface area contributed by atoms with Crippen molar-refractivity contribution >= 4 is 78.8 Å².